The highest BCUT2D eigenvalue weighted by molar-refractivity contribution is 9.10. The third-order valence-electron chi connectivity index (χ3n) is 3.48. The minimum Gasteiger partial charge on any atom is -0.493 e. The van der Waals surface area contributed by atoms with Gasteiger partial charge in [-0.15, -0.1) is 5.10 Å². The monoisotopic (exact) mass is 405 g/mol. The molecule has 10 nitrogen and oxygen atoms in total. The van der Waals surface area contributed by atoms with E-state index in [1.54, 1.807) is 13.0 Å². The van der Waals surface area contributed by atoms with Gasteiger partial charge in [-0.05, 0) is 42.3 Å². The van der Waals surface area contributed by atoms with Crippen LogP contribution in [0.25, 0.3) is 5.69 Å². The second-order valence-corrected chi connectivity index (χ2v) is 6.04. The van der Waals surface area contributed by atoms with Crippen molar-refractivity contribution in [1.29, 1.82) is 0 Å². The molecule has 3 aromatic rings. The summed E-state index contributed by atoms with van der Waals surface area (Å²) in [6.45, 7) is 3.63. The zero-order chi connectivity index (χ0) is 18.1. The SMILES string of the molecule is Cc1cc(-n2c(O)c(C=Nc3nn[nH]n3)c(=O)[nH]c2=O)c(C)cc1Br. The zero-order valence-corrected chi connectivity index (χ0v) is 14.7. The Bertz CT molecular complexity index is 1080. The summed E-state index contributed by atoms with van der Waals surface area (Å²) in [6.07, 6.45) is 1.07. The molecule has 11 heteroatoms. The summed E-state index contributed by atoms with van der Waals surface area (Å²) in [7, 11) is 0. The summed E-state index contributed by atoms with van der Waals surface area (Å²) < 4.78 is 1.87. The number of halogens is 1. The van der Waals surface area contributed by atoms with Crippen molar-refractivity contribution in [3.8, 4) is 11.6 Å². The van der Waals surface area contributed by atoms with Crippen molar-refractivity contribution in [1.82, 2.24) is 30.2 Å². The summed E-state index contributed by atoms with van der Waals surface area (Å²) in [5.41, 5.74) is 0.280. The van der Waals surface area contributed by atoms with Gasteiger partial charge < -0.3 is 5.11 Å². The highest BCUT2D eigenvalue weighted by Crippen LogP contribution is 2.25. The van der Waals surface area contributed by atoms with Gasteiger partial charge in [0.25, 0.3) is 11.5 Å². The van der Waals surface area contributed by atoms with Crippen LogP contribution in [0.5, 0.6) is 5.88 Å². The molecular formula is C14H12BrN7O3. The van der Waals surface area contributed by atoms with Gasteiger partial charge in [0.2, 0.25) is 5.88 Å². The number of aromatic amines is 2. The van der Waals surface area contributed by atoms with Gasteiger partial charge >= 0.3 is 5.69 Å². The average Bonchev–Trinajstić information content (AvgIpc) is 3.05. The van der Waals surface area contributed by atoms with E-state index in [4.69, 9.17) is 0 Å². The van der Waals surface area contributed by atoms with Crippen molar-refractivity contribution in [2.24, 2.45) is 4.99 Å². The van der Waals surface area contributed by atoms with Gasteiger partial charge in [-0.1, -0.05) is 21.0 Å². The number of hydrogen-bond acceptors (Lipinski definition) is 7. The summed E-state index contributed by atoms with van der Waals surface area (Å²) in [5, 5.41) is 23.3. The van der Waals surface area contributed by atoms with Gasteiger partial charge in [0.1, 0.15) is 5.56 Å². The fourth-order valence-electron chi connectivity index (χ4n) is 2.22. The molecule has 0 amide bonds. The van der Waals surface area contributed by atoms with E-state index < -0.39 is 17.1 Å². The Labute approximate surface area is 148 Å². The van der Waals surface area contributed by atoms with Crippen molar-refractivity contribution < 1.29 is 5.11 Å². The Hall–Kier alpha value is -3.08. The second-order valence-electron chi connectivity index (χ2n) is 5.19. The number of aromatic nitrogens is 6. The number of tetrazole rings is 1. The standard InChI is InChI=1S/C14H12BrN7O3/c1-6-4-10(7(2)3-9(6)15)22-12(24)8(11(23)17-14(22)25)5-16-13-18-20-21-19-13/h3-5,24H,1-2H3,(H,17,23,25)(H,18,19,20,21). The predicted molar refractivity (Wildman–Crippen MR) is 92.9 cm³/mol. The van der Waals surface area contributed by atoms with E-state index in [0.717, 1.165) is 26.4 Å². The van der Waals surface area contributed by atoms with Crippen LogP contribution >= 0.6 is 15.9 Å². The lowest BCUT2D eigenvalue weighted by molar-refractivity contribution is 0.430. The predicted octanol–water partition coefficient (Wildman–Crippen LogP) is 0.874. The first kappa shape index (κ1) is 16.8. The lowest BCUT2D eigenvalue weighted by atomic mass is 10.1. The van der Waals surface area contributed by atoms with E-state index >= 15 is 0 Å². The topological polar surface area (TPSA) is 142 Å². The molecule has 0 saturated heterocycles. The molecule has 0 aliphatic carbocycles. The molecule has 1 aromatic carbocycles. The van der Waals surface area contributed by atoms with Crippen molar-refractivity contribution >= 4 is 28.1 Å². The maximum atomic E-state index is 12.2. The van der Waals surface area contributed by atoms with Gasteiger partial charge in [-0.25, -0.2) is 14.4 Å². The number of benzene rings is 1. The molecule has 0 spiro atoms. The molecule has 3 N–H and O–H groups in total. The van der Waals surface area contributed by atoms with Crippen molar-refractivity contribution in [3.05, 3.63) is 54.1 Å². The van der Waals surface area contributed by atoms with Crippen molar-refractivity contribution in [2.45, 2.75) is 13.8 Å². The molecule has 128 valence electrons. The van der Waals surface area contributed by atoms with Crippen LogP contribution in [0.1, 0.15) is 16.7 Å². The Morgan fingerprint density at radius 2 is 2.04 bits per heavy atom. The number of aliphatic imine (C=N–C) groups is 1. The third kappa shape index (κ3) is 3.13. The molecule has 0 radical (unpaired) electrons. The third-order valence-corrected chi connectivity index (χ3v) is 4.34. The smallest absolute Gasteiger partial charge is 0.335 e. The highest BCUT2D eigenvalue weighted by Gasteiger charge is 2.16. The number of rotatable bonds is 3. The molecule has 25 heavy (non-hydrogen) atoms. The van der Waals surface area contributed by atoms with Crippen LogP contribution in [0.15, 0.2) is 31.2 Å². The largest absolute Gasteiger partial charge is 0.493 e. The maximum Gasteiger partial charge on any atom is 0.335 e. The average molecular weight is 406 g/mol. The molecule has 0 aliphatic rings. The van der Waals surface area contributed by atoms with Gasteiger partial charge in [0.15, 0.2) is 0 Å². The zero-order valence-electron chi connectivity index (χ0n) is 13.1. The second kappa shape index (κ2) is 6.43. The van der Waals surface area contributed by atoms with Crippen LogP contribution in [-0.4, -0.2) is 41.5 Å². The normalized spacial score (nSPS) is 11.3. The first-order chi connectivity index (χ1) is 11.9. The summed E-state index contributed by atoms with van der Waals surface area (Å²) in [6, 6.07) is 3.54. The number of hydrogen-bond donors (Lipinski definition) is 3. The fourth-order valence-corrected chi connectivity index (χ4v) is 2.68. The molecule has 0 bridgehead atoms. The van der Waals surface area contributed by atoms with Gasteiger partial charge in [-0.2, -0.15) is 5.21 Å². The number of aryl methyl sites for hydroxylation is 2. The molecule has 2 heterocycles. The molecule has 0 atom stereocenters. The van der Waals surface area contributed by atoms with Crippen LogP contribution in [0.2, 0.25) is 0 Å². The van der Waals surface area contributed by atoms with E-state index in [1.165, 1.54) is 0 Å². The lowest BCUT2D eigenvalue weighted by Crippen LogP contribution is -2.31. The van der Waals surface area contributed by atoms with E-state index in [-0.39, 0.29) is 11.5 Å². The molecule has 0 saturated carbocycles. The number of nitrogens with zero attached hydrogens (tertiary/aromatic N) is 5. The highest BCUT2D eigenvalue weighted by atomic mass is 79.9. The lowest BCUT2D eigenvalue weighted by Gasteiger charge is -2.13. The number of H-pyrrole nitrogens is 2. The van der Waals surface area contributed by atoms with Gasteiger partial charge in [-0.3, -0.25) is 9.78 Å². The quantitative estimate of drug-likeness (QED) is 0.551. The Kier molecular flexibility index (Phi) is 4.31. The van der Waals surface area contributed by atoms with Crippen LogP contribution in [0.3, 0.4) is 0 Å². The minimum atomic E-state index is -0.780. The van der Waals surface area contributed by atoms with E-state index in [2.05, 4.69) is 46.5 Å². The molecule has 2 aromatic heterocycles. The first-order valence-corrected chi connectivity index (χ1v) is 7.80. The van der Waals surface area contributed by atoms with Gasteiger partial charge in [0, 0.05) is 10.7 Å². The van der Waals surface area contributed by atoms with E-state index in [0.29, 0.717) is 5.69 Å². The molecule has 3 rings (SSSR count). The van der Waals surface area contributed by atoms with Gasteiger partial charge in [0.05, 0.1) is 5.69 Å². The molecular weight excluding hydrogens is 394 g/mol. The van der Waals surface area contributed by atoms with Crippen molar-refractivity contribution in [2.75, 3.05) is 0 Å². The Morgan fingerprint density at radius 1 is 1.28 bits per heavy atom. The van der Waals surface area contributed by atoms with Crippen molar-refractivity contribution in [3.63, 3.8) is 0 Å². The number of nitrogens with one attached hydrogen (secondary N) is 2. The summed E-state index contributed by atoms with van der Waals surface area (Å²) in [4.78, 5) is 30.3. The number of aromatic hydroxyl groups is 1. The van der Waals surface area contributed by atoms with E-state index in [1.807, 2.05) is 13.0 Å². The fraction of sp³-hybridized carbons (Fsp3) is 0.143. The molecule has 0 aliphatic heterocycles. The molecule has 0 fully saturated rings. The first-order valence-electron chi connectivity index (χ1n) is 7.01. The van der Waals surface area contributed by atoms with Crippen LogP contribution in [0, 0.1) is 13.8 Å². The summed E-state index contributed by atoms with van der Waals surface area (Å²) in [5.74, 6) is -0.557. The van der Waals surface area contributed by atoms with Crippen LogP contribution in [0.4, 0.5) is 5.95 Å². The maximum absolute atomic E-state index is 12.2. The van der Waals surface area contributed by atoms with Crippen LogP contribution in [-0.2, 0) is 0 Å². The summed E-state index contributed by atoms with van der Waals surface area (Å²) >= 11 is 3.41. The minimum absolute atomic E-state index is 0.0211. The molecule has 0 unspecified atom stereocenters. The Balaban J connectivity index is 2.22. The van der Waals surface area contributed by atoms with Crippen LogP contribution < -0.4 is 11.2 Å². The Morgan fingerprint density at radius 3 is 2.72 bits per heavy atom. The van der Waals surface area contributed by atoms with E-state index in [9.17, 15) is 14.7 Å².